The molecule has 10 heterocycles. The van der Waals surface area contributed by atoms with Gasteiger partial charge in [0, 0.05) is 65.0 Å². The van der Waals surface area contributed by atoms with E-state index in [1.807, 2.05) is 82.9 Å². The first kappa shape index (κ1) is 162. The summed E-state index contributed by atoms with van der Waals surface area (Å²) in [6.07, 6.45) is 47.8. The number of aromatic nitrogens is 4. The fourth-order valence-electron chi connectivity index (χ4n) is 8.10. The second kappa shape index (κ2) is 119. The van der Waals surface area contributed by atoms with Crippen molar-refractivity contribution in [1.29, 1.82) is 0 Å². The molecule has 0 atom stereocenters. The third kappa shape index (κ3) is 182. The number of nitrogens with zero attached hydrogens (tertiary/aromatic N) is 4. The van der Waals surface area contributed by atoms with Gasteiger partial charge in [0.25, 0.3) is 5.89 Å². The Kier molecular flexibility index (Phi) is 129. The molecule has 10 aromatic heterocycles. The van der Waals surface area contributed by atoms with Crippen molar-refractivity contribution in [3.8, 4) is 47.4 Å². The van der Waals surface area contributed by atoms with E-state index in [0.29, 0.717) is 41.4 Å². The van der Waals surface area contributed by atoms with E-state index in [4.69, 9.17) is 22.1 Å². The van der Waals surface area contributed by atoms with Gasteiger partial charge in [-0.05, 0) is 276 Å². The summed E-state index contributed by atoms with van der Waals surface area (Å²) in [6.45, 7) is 109. The average molecular weight is 2160 g/mol. The minimum absolute atomic E-state index is 0.505. The Morgan fingerprint density at radius 2 is 0.647 bits per heavy atom. The van der Waals surface area contributed by atoms with Crippen molar-refractivity contribution in [1.82, 2.24) is 19.9 Å². The van der Waals surface area contributed by atoms with E-state index < -0.39 is 0 Å². The number of oxazole rings is 2. The summed E-state index contributed by atoms with van der Waals surface area (Å²) in [5.74, 6) is 43.7. The first-order valence-electron chi connectivity index (χ1n) is 56.6. The predicted molar refractivity (Wildman–Crippen MR) is 686 cm³/mol. The van der Waals surface area contributed by atoms with E-state index in [-0.39, 0.29) is 0 Å². The topological polar surface area (TPSA) is 117 Å². The zero-order valence-corrected chi connectivity index (χ0v) is 110. The highest BCUT2D eigenvalue weighted by Gasteiger charge is 2.01. The number of thiophene rings is 3. The number of aryl methyl sites for hydroxylation is 2. The average Bonchev–Trinajstić information content (AvgIpc) is 1.91. The molecule has 14 heteroatoms. The Hall–Kier alpha value is -8.18. The molecule has 0 aliphatic heterocycles. The SMILES string of the molecule is CC(C)C.CC(C)C.CC(C)C.CC(C)C.CC(C)C.CC(C)C.CC(C)C.CC(C)C.CC(C)C.CC(C)C.CC(C)C/C=C/c1ccco1.CC(C)C/C=C/c1cccs1.CC(C)C/C=C/c1ncco1.CC(C)C/C=C/c1nccs1.CC(C)CC#Cc1ccco1.CC(C)CC#Cc1cccs1.CC(C)CC#Cc1ncco1.CC(C)CC#Cc1nccs1.CC(C)CCCc1ccco1.CC(C)CCCc1cccs1. The van der Waals surface area contributed by atoms with Gasteiger partial charge in [-0.15, -0.1) is 56.7 Å². The summed E-state index contributed by atoms with van der Waals surface area (Å²) in [5, 5.41) is 12.3. The second-order valence-electron chi connectivity index (χ2n) is 47.2. The third-order valence-electron chi connectivity index (χ3n) is 13.8. The van der Waals surface area contributed by atoms with Crippen LogP contribution < -0.4 is 0 Å². The molecule has 0 saturated carbocycles. The van der Waals surface area contributed by atoms with Gasteiger partial charge in [-0.3, -0.25) is 0 Å². The van der Waals surface area contributed by atoms with Gasteiger partial charge in [0.05, 0.1) is 36.1 Å². The van der Waals surface area contributed by atoms with Crippen molar-refractivity contribution in [2.24, 2.45) is 118 Å². The fourth-order valence-corrected chi connectivity index (χ4v) is 11.1. The molecule has 0 aliphatic carbocycles. The highest BCUT2D eigenvalue weighted by molar-refractivity contribution is 7.11. The van der Waals surface area contributed by atoms with Crippen LogP contribution in [-0.4, -0.2) is 19.9 Å². The highest BCUT2D eigenvalue weighted by atomic mass is 32.1. The zero-order valence-electron chi connectivity index (χ0n) is 106. The van der Waals surface area contributed by atoms with Crippen LogP contribution in [0.2, 0.25) is 0 Å². The Morgan fingerprint density at radius 1 is 0.267 bits per heavy atom. The van der Waals surface area contributed by atoms with Gasteiger partial charge in [-0.2, -0.15) is 0 Å². The molecule has 0 N–H and O–H groups in total. The Balaban J connectivity index is -0.000000174. The first-order valence-corrected chi connectivity index (χ1v) is 61.0. The molecule has 0 fully saturated rings. The lowest BCUT2D eigenvalue weighted by Crippen LogP contribution is -1.89. The molecule has 0 radical (unpaired) electrons. The van der Waals surface area contributed by atoms with Crippen molar-refractivity contribution in [2.75, 3.05) is 0 Å². The molecule has 0 amide bonds. The van der Waals surface area contributed by atoms with Crippen molar-refractivity contribution < 1.29 is 22.1 Å². The molecule has 150 heavy (non-hydrogen) atoms. The second-order valence-corrected chi connectivity index (χ2v) is 52.0. The summed E-state index contributed by atoms with van der Waals surface area (Å²) in [7, 11) is 0. The smallest absolute Gasteiger partial charge is 0.273 e. The van der Waals surface area contributed by atoms with Crippen LogP contribution in [0.25, 0.3) is 24.3 Å². The lowest BCUT2D eigenvalue weighted by molar-refractivity contribution is 0.478. The van der Waals surface area contributed by atoms with Gasteiger partial charge in [-0.25, -0.2) is 19.9 Å². The molecule has 10 aromatic rings. The van der Waals surface area contributed by atoms with Crippen LogP contribution in [0.5, 0.6) is 0 Å². The van der Waals surface area contributed by atoms with Crippen LogP contribution >= 0.6 is 56.7 Å². The highest BCUT2D eigenvalue weighted by Crippen LogP contribution is 2.18. The van der Waals surface area contributed by atoms with Crippen LogP contribution in [-0.2, 0) is 12.8 Å². The molecule has 0 saturated heterocycles. The molecule has 0 spiro atoms. The number of hydrogen-bond acceptors (Lipinski definition) is 14. The summed E-state index contributed by atoms with van der Waals surface area (Å²) in [5.41, 5.74) is 0. The molecular formula is C136H232N4O5S5. The number of furan rings is 3. The molecule has 10 rings (SSSR count). The van der Waals surface area contributed by atoms with Crippen LogP contribution in [0.3, 0.4) is 0 Å². The summed E-state index contributed by atoms with van der Waals surface area (Å²) < 4.78 is 25.3. The lowest BCUT2D eigenvalue weighted by Gasteiger charge is -2.01. The molecule has 0 unspecified atom stereocenters. The minimum atomic E-state index is 0.505. The van der Waals surface area contributed by atoms with E-state index in [2.05, 4.69) is 496 Å². The van der Waals surface area contributed by atoms with Crippen LogP contribution in [0.1, 0.15) is 477 Å². The van der Waals surface area contributed by atoms with Crippen LogP contribution in [0, 0.1) is 166 Å². The fraction of sp³-hybridized carbons (Fsp3) is 0.618. The maximum absolute atomic E-state index is 5.22. The summed E-state index contributed by atoms with van der Waals surface area (Å²) in [6, 6.07) is 24.2. The van der Waals surface area contributed by atoms with Gasteiger partial charge < -0.3 is 22.1 Å². The van der Waals surface area contributed by atoms with E-state index in [1.165, 1.54) is 59.4 Å². The number of rotatable bonds is 24. The standard InChI is InChI=1S/C10H16O.C10H14O.C10H12O.C10H16S.C10H14S.C10H12S.C9H13NO.C9H11NO.C9H13NS.C9H11NS.10C4H10/c6*1-9(2)5-3-6-10-7-4-8-11-10;4*1-8(2)4-3-5-9-10-6-7-11-9;10*1-4(2)3/h4,7-9H,3,5-6H2,1-2H3;3-4,6-9H,5H2,1-2H3;4,7-9H,5H2,1-2H3;4,7-9H,3,5-6H2,1-2H3;3-4,6-9H,5H2,1-2H3;4,7-9H,5H2,1-2H3;3,5-8H,4H2,1-2H3;6-8H,4H2,1-2H3;3,5-8H,4H2,1-2H3;6-8H,4H2,1-2H3;10*4H,1-3H3/b;6-3+;;;6-3+;;5-3+;;5-3+;;;;;;;;;;;. The quantitative estimate of drug-likeness (QED) is 0.0545. The zero-order chi connectivity index (χ0) is 117. The molecular weight excluding hydrogens is 1930 g/mol. The molecule has 0 aromatic carbocycles. The maximum Gasteiger partial charge on any atom is 0.273 e. The lowest BCUT2D eigenvalue weighted by atomic mass is 10.1. The van der Waals surface area contributed by atoms with Crippen molar-refractivity contribution in [3.05, 3.63) is 234 Å². The Bertz CT molecular complexity index is 3880. The van der Waals surface area contributed by atoms with Gasteiger partial charge >= 0.3 is 0 Å². The third-order valence-corrected chi connectivity index (χ3v) is 17.8. The first-order chi connectivity index (χ1) is 70.2. The van der Waals surface area contributed by atoms with Gasteiger partial charge in [-0.1, -0.05) is 431 Å². The number of thiazole rings is 2. The largest absolute Gasteiger partial charge is 0.469 e. The minimum Gasteiger partial charge on any atom is -0.469 e. The number of allylic oxidation sites excluding steroid dienone is 4. The van der Waals surface area contributed by atoms with E-state index in [1.54, 1.807) is 89.0 Å². The van der Waals surface area contributed by atoms with Crippen molar-refractivity contribution in [3.63, 3.8) is 0 Å². The maximum atomic E-state index is 5.22. The number of hydrogen-bond donors (Lipinski definition) is 0. The van der Waals surface area contributed by atoms with Gasteiger partial charge in [0.1, 0.15) is 29.1 Å². The van der Waals surface area contributed by atoms with E-state index in [9.17, 15) is 0 Å². The monoisotopic (exact) mass is 2160 g/mol. The Morgan fingerprint density at radius 3 is 1.00 bits per heavy atom. The van der Waals surface area contributed by atoms with E-state index >= 15 is 0 Å². The Labute approximate surface area is 951 Å². The molecule has 0 bridgehead atoms. The van der Waals surface area contributed by atoms with Crippen LogP contribution in [0.15, 0.2) is 202 Å². The molecule has 856 valence electrons. The summed E-state index contributed by atoms with van der Waals surface area (Å²) >= 11 is 8.63. The van der Waals surface area contributed by atoms with Crippen molar-refractivity contribution in [2.45, 2.75) is 436 Å². The normalized spacial score (nSPS) is 10.1. The van der Waals surface area contributed by atoms with Crippen LogP contribution in [0.4, 0.5) is 0 Å². The van der Waals surface area contributed by atoms with Gasteiger partial charge in [0.15, 0.2) is 10.8 Å². The van der Waals surface area contributed by atoms with E-state index in [0.717, 1.165) is 167 Å². The molecule has 0 aliphatic rings. The van der Waals surface area contributed by atoms with Crippen molar-refractivity contribution >= 4 is 81.0 Å². The predicted octanol–water partition coefficient (Wildman–Crippen LogP) is 47.1. The van der Waals surface area contributed by atoms with Gasteiger partial charge in [0.2, 0.25) is 5.89 Å². The summed E-state index contributed by atoms with van der Waals surface area (Å²) in [4.78, 5) is 20.1. The molecule has 9 nitrogen and oxygen atoms in total.